The normalized spacial score (nSPS) is 11.1. The molecule has 0 bridgehead atoms. The van der Waals surface area contributed by atoms with E-state index in [9.17, 15) is 4.79 Å². The second kappa shape index (κ2) is 7.09. The van der Waals surface area contributed by atoms with Crippen LogP contribution in [0, 0.1) is 0 Å². The number of benzene rings is 2. The molecule has 4 heteroatoms. The minimum Gasteiger partial charge on any atom is -0.350 e. The summed E-state index contributed by atoms with van der Waals surface area (Å²) in [6.45, 7) is 0. The van der Waals surface area contributed by atoms with Crippen molar-refractivity contribution < 1.29 is 4.79 Å². The Kier molecular flexibility index (Phi) is 4.89. The van der Waals surface area contributed by atoms with E-state index in [1.165, 1.54) is 5.56 Å². The molecule has 0 aliphatic heterocycles. The number of rotatable bonds is 5. The van der Waals surface area contributed by atoms with Crippen LogP contribution in [-0.4, -0.2) is 11.7 Å². The summed E-state index contributed by atoms with van der Waals surface area (Å²) in [5, 5.41) is 4.10. The second-order valence-corrected chi connectivity index (χ2v) is 4.39. The van der Waals surface area contributed by atoms with Crippen molar-refractivity contribution in [3.63, 3.8) is 0 Å². The van der Waals surface area contributed by atoms with Crippen LogP contribution in [0.2, 0.25) is 0 Å². The minimum absolute atomic E-state index is 0.654. The smallest absolute Gasteiger partial charge is 0.332 e. The maximum atomic E-state index is 10.8. The summed E-state index contributed by atoms with van der Waals surface area (Å²) in [5.41, 5.74) is 10.4. The van der Waals surface area contributed by atoms with Gasteiger partial charge in [-0.25, -0.2) is 10.2 Å². The van der Waals surface area contributed by atoms with E-state index >= 15 is 0 Å². The molecule has 0 unspecified atom stereocenters. The van der Waals surface area contributed by atoms with E-state index in [1.54, 1.807) is 0 Å². The van der Waals surface area contributed by atoms with E-state index in [4.69, 9.17) is 5.73 Å². The molecule has 0 saturated heterocycles. The van der Waals surface area contributed by atoms with Crippen LogP contribution in [0.15, 0.2) is 65.8 Å². The third-order valence-corrected chi connectivity index (χ3v) is 2.90. The predicted molar refractivity (Wildman–Crippen MR) is 80.5 cm³/mol. The summed E-state index contributed by atoms with van der Waals surface area (Å²) in [4.78, 5) is 10.8. The number of amides is 2. The first-order valence-corrected chi connectivity index (χ1v) is 6.47. The van der Waals surface area contributed by atoms with Crippen molar-refractivity contribution in [1.29, 1.82) is 0 Å². The number of carbonyl (C=O) groups is 1. The molecule has 3 N–H and O–H groups in total. The maximum Gasteiger partial charge on any atom is 0.332 e. The molecule has 0 saturated carbocycles. The van der Waals surface area contributed by atoms with Crippen LogP contribution in [0.5, 0.6) is 0 Å². The molecule has 0 atom stereocenters. The van der Waals surface area contributed by atoms with E-state index in [0.717, 1.165) is 24.1 Å². The third kappa shape index (κ3) is 4.24. The van der Waals surface area contributed by atoms with Crippen molar-refractivity contribution >= 4 is 11.7 Å². The van der Waals surface area contributed by atoms with E-state index in [2.05, 4.69) is 22.7 Å². The average molecular weight is 267 g/mol. The summed E-state index contributed by atoms with van der Waals surface area (Å²) < 4.78 is 0. The number of hydrogen-bond acceptors (Lipinski definition) is 2. The van der Waals surface area contributed by atoms with Gasteiger partial charge in [0.25, 0.3) is 0 Å². The molecule has 0 heterocycles. The van der Waals surface area contributed by atoms with E-state index in [0.29, 0.717) is 0 Å². The van der Waals surface area contributed by atoms with Crippen molar-refractivity contribution in [1.82, 2.24) is 5.43 Å². The fraction of sp³-hybridized carbons (Fsp3) is 0.125. The molecule has 0 radical (unpaired) electrons. The Bertz CT molecular complexity index is 579. The van der Waals surface area contributed by atoms with E-state index in [1.807, 2.05) is 48.5 Å². The fourth-order valence-electron chi connectivity index (χ4n) is 1.93. The number of primary amides is 1. The molecule has 2 amide bonds. The molecule has 0 fully saturated rings. The molecule has 4 nitrogen and oxygen atoms in total. The van der Waals surface area contributed by atoms with Gasteiger partial charge in [0, 0.05) is 0 Å². The van der Waals surface area contributed by atoms with Crippen molar-refractivity contribution in [3.8, 4) is 0 Å². The van der Waals surface area contributed by atoms with Crippen molar-refractivity contribution in [3.05, 3.63) is 71.8 Å². The highest BCUT2D eigenvalue weighted by molar-refractivity contribution is 6.01. The highest BCUT2D eigenvalue weighted by Gasteiger charge is 2.04. The Hall–Kier alpha value is -2.62. The summed E-state index contributed by atoms with van der Waals surface area (Å²) in [6, 6.07) is 19.3. The van der Waals surface area contributed by atoms with Crippen LogP contribution in [-0.2, 0) is 6.42 Å². The lowest BCUT2D eigenvalue weighted by Crippen LogP contribution is -2.26. The molecule has 2 rings (SSSR count). The van der Waals surface area contributed by atoms with E-state index < -0.39 is 6.03 Å². The number of urea groups is 1. The Morgan fingerprint density at radius 2 is 1.60 bits per heavy atom. The Morgan fingerprint density at radius 1 is 1.00 bits per heavy atom. The summed E-state index contributed by atoms with van der Waals surface area (Å²) in [7, 11) is 0. The van der Waals surface area contributed by atoms with Gasteiger partial charge in [0.1, 0.15) is 0 Å². The number of nitrogens with zero attached hydrogens (tertiary/aromatic N) is 1. The van der Waals surface area contributed by atoms with Gasteiger partial charge in [-0.3, -0.25) is 0 Å². The van der Waals surface area contributed by atoms with Crippen LogP contribution in [0.25, 0.3) is 0 Å². The molecule has 0 spiro atoms. The lowest BCUT2D eigenvalue weighted by molar-refractivity contribution is 0.249. The third-order valence-electron chi connectivity index (χ3n) is 2.90. The van der Waals surface area contributed by atoms with Crippen LogP contribution in [0.3, 0.4) is 0 Å². The molecule has 20 heavy (non-hydrogen) atoms. The van der Waals surface area contributed by atoms with Gasteiger partial charge in [0.2, 0.25) is 0 Å². The van der Waals surface area contributed by atoms with E-state index in [-0.39, 0.29) is 0 Å². The molecule has 0 aliphatic rings. The largest absolute Gasteiger partial charge is 0.350 e. The van der Waals surface area contributed by atoms with Crippen LogP contribution in [0.4, 0.5) is 4.79 Å². The summed E-state index contributed by atoms with van der Waals surface area (Å²) >= 11 is 0. The summed E-state index contributed by atoms with van der Waals surface area (Å²) in [6.07, 6.45) is 1.59. The van der Waals surface area contributed by atoms with Crippen LogP contribution < -0.4 is 11.2 Å². The molecule has 2 aromatic carbocycles. The number of nitrogens with one attached hydrogen (secondary N) is 1. The second-order valence-electron chi connectivity index (χ2n) is 4.39. The van der Waals surface area contributed by atoms with Crippen molar-refractivity contribution in [2.75, 3.05) is 0 Å². The highest BCUT2D eigenvalue weighted by atomic mass is 16.2. The number of aryl methyl sites for hydroxylation is 1. The number of nitrogens with two attached hydrogens (primary N) is 1. The van der Waals surface area contributed by atoms with Gasteiger partial charge in [-0.05, 0) is 24.0 Å². The Balaban J connectivity index is 2.11. The van der Waals surface area contributed by atoms with Crippen molar-refractivity contribution in [2.24, 2.45) is 10.8 Å². The lowest BCUT2D eigenvalue weighted by Gasteiger charge is -2.07. The standard InChI is InChI=1S/C16H17N3O/c17-16(20)19-18-15(14-9-5-2-6-10-14)12-11-13-7-3-1-4-8-13/h1-10H,11-12H2,(H3,17,19,20). The zero-order valence-electron chi connectivity index (χ0n) is 11.1. The van der Waals surface area contributed by atoms with Gasteiger partial charge in [0.15, 0.2) is 0 Å². The highest BCUT2D eigenvalue weighted by Crippen LogP contribution is 2.09. The lowest BCUT2D eigenvalue weighted by atomic mass is 10.0. The minimum atomic E-state index is -0.654. The average Bonchev–Trinajstić information content (AvgIpc) is 2.49. The zero-order valence-corrected chi connectivity index (χ0v) is 11.1. The molecule has 2 aromatic rings. The maximum absolute atomic E-state index is 10.8. The topological polar surface area (TPSA) is 67.5 Å². The molecule has 0 aliphatic carbocycles. The molecular formula is C16H17N3O. The molecule has 0 aromatic heterocycles. The number of hydrogen-bond donors (Lipinski definition) is 2. The van der Waals surface area contributed by atoms with Crippen molar-refractivity contribution in [2.45, 2.75) is 12.8 Å². The molecular weight excluding hydrogens is 250 g/mol. The van der Waals surface area contributed by atoms with Gasteiger partial charge >= 0.3 is 6.03 Å². The first-order chi connectivity index (χ1) is 9.75. The quantitative estimate of drug-likeness (QED) is 0.634. The van der Waals surface area contributed by atoms with Gasteiger partial charge in [0.05, 0.1) is 5.71 Å². The number of carbonyl (C=O) groups excluding carboxylic acids is 1. The van der Waals surface area contributed by atoms with Gasteiger partial charge < -0.3 is 5.73 Å². The first-order valence-electron chi connectivity index (χ1n) is 6.47. The van der Waals surface area contributed by atoms with Gasteiger partial charge in [-0.1, -0.05) is 60.7 Å². The SMILES string of the molecule is NC(=O)NN=C(CCc1ccccc1)c1ccccc1. The first kappa shape index (κ1) is 13.8. The Morgan fingerprint density at radius 3 is 2.20 bits per heavy atom. The summed E-state index contributed by atoms with van der Waals surface area (Å²) in [5.74, 6) is 0. The Labute approximate surface area is 118 Å². The van der Waals surface area contributed by atoms with Gasteiger partial charge in [-0.15, -0.1) is 0 Å². The fourth-order valence-corrected chi connectivity index (χ4v) is 1.93. The molecule has 102 valence electrons. The van der Waals surface area contributed by atoms with Gasteiger partial charge in [-0.2, -0.15) is 5.10 Å². The monoisotopic (exact) mass is 267 g/mol. The van der Waals surface area contributed by atoms with Crippen LogP contribution in [0.1, 0.15) is 17.5 Å². The zero-order chi connectivity index (χ0) is 14.2. The predicted octanol–water partition coefficient (Wildman–Crippen LogP) is 2.69. The van der Waals surface area contributed by atoms with Crippen LogP contribution >= 0.6 is 0 Å². The number of hydrazone groups is 1.